The van der Waals surface area contributed by atoms with Crippen molar-refractivity contribution < 1.29 is 18.0 Å². The molecular formula is C25H36ClN5O4S. The molecule has 0 saturated carbocycles. The highest BCUT2D eigenvalue weighted by Crippen LogP contribution is 2.44. The number of hydrogen-bond acceptors (Lipinski definition) is 6. The molecule has 0 aliphatic carbocycles. The predicted octanol–water partition coefficient (Wildman–Crippen LogP) is 1.71. The lowest BCUT2D eigenvalue weighted by Gasteiger charge is -2.42. The highest BCUT2D eigenvalue weighted by Gasteiger charge is 2.50. The van der Waals surface area contributed by atoms with Gasteiger partial charge in [0.2, 0.25) is 21.8 Å². The predicted molar refractivity (Wildman–Crippen MR) is 139 cm³/mol. The third-order valence-corrected chi connectivity index (χ3v) is 10.9. The summed E-state index contributed by atoms with van der Waals surface area (Å²) in [5.74, 6) is -0.252. The summed E-state index contributed by atoms with van der Waals surface area (Å²) in [6.45, 7) is 3.54. The minimum absolute atomic E-state index is 0.0372. The van der Waals surface area contributed by atoms with Crippen molar-refractivity contribution in [1.29, 1.82) is 0 Å². The molecule has 0 spiro atoms. The second-order valence-corrected chi connectivity index (χ2v) is 13.1. The number of carbonyl (C=O) groups is 2. The van der Waals surface area contributed by atoms with Crippen molar-refractivity contribution in [2.45, 2.75) is 69.5 Å². The molecule has 4 N–H and O–H groups in total. The van der Waals surface area contributed by atoms with Gasteiger partial charge in [0, 0.05) is 23.8 Å². The third kappa shape index (κ3) is 4.90. The van der Waals surface area contributed by atoms with Gasteiger partial charge in [-0.15, -0.1) is 0 Å². The van der Waals surface area contributed by atoms with Crippen LogP contribution in [-0.4, -0.2) is 79.5 Å². The lowest BCUT2D eigenvalue weighted by molar-refractivity contribution is -0.118. The van der Waals surface area contributed by atoms with E-state index < -0.39 is 15.9 Å². The van der Waals surface area contributed by atoms with Gasteiger partial charge in [-0.1, -0.05) is 11.6 Å². The number of hydrogen-bond donors (Lipinski definition) is 2. The smallest absolute Gasteiger partial charge is 0.250 e. The number of sulfonamides is 1. The summed E-state index contributed by atoms with van der Waals surface area (Å²) in [7, 11) is -3.38. The van der Waals surface area contributed by atoms with Crippen LogP contribution < -0.4 is 16.4 Å². The number of anilines is 1. The summed E-state index contributed by atoms with van der Waals surface area (Å²) in [6, 6.07) is 3.03. The van der Waals surface area contributed by atoms with Gasteiger partial charge in [0.25, 0.3) is 0 Å². The van der Waals surface area contributed by atoms with Crippen LogP contribution in [0.25, 0.3) is 0 Å². The average molecular weight is 538 g/mol. The number of piperidine rings is 2. The largest absolute Gasteiger partial charge is 0.366 e. The third-order valence-electron chi connectivity index (χ3n) is 8.46. The highest BCUT2D eigenvalue weighted by molar-refractivity contribution is 7.89. The SMILES string of the molecule is NCCCN1CCC(CS(=O)(=O)N2C3CCC2CC(N2C(=O)Cc4cc(C(N)=O)c(Cl)cc42)C3)CC1. The Morgan fingerprint density at radius 1 is 1.06 bits per heavy atom. The van der Waals surface area contributed by atoms with Crippen molar-refractivity contribution in [3.63, 3.8) is 0 Å². The average Bonchev–Trinajstić information content (AvgIpc) is 3.30. The maximum Gasteiger partial charge on any atom is 0.250 e. The molecule has 4 aliphatic heterocycles. The van der Waals surface area contributed by atoms with Crippen LogP contribution >= 0.6 is 11.6 Å². The van der Waals surface area contributed by atoms with Crippen LogP contribution in [0.3, 0.4) is 0 Å². The number of halogens is 1. The molecule has 4 heterocycles. The van der Waals surface area contributed by atoms with Gasteiger partial charge in [-0.05, 0) is 94.7 Å². The summed E-state index contributed by atoms with van der Waals surface area (Å²) >= 11 is 6.30. The van der Waals surface area contributed by atoms with Crippen LogP contribution in [0, 0.1) is 5.92 Å². The fraction of sp³-hybridized carbons (Fsp3) is 0.680. The van der Waals surface area contributed by atoms with Crippen LogP contribution in [0.2, 0.25) is 5.02 Å². The zero-order valence-corrected chi connectivity index (χ0v) is 22.1. The van der Waals surface area contributed by atoms with Crippen LogP contribution in [0.5, 0.6) is 0 Å². The number of nitrogens with two attached hydrogens (primary N) is 2. The Morgan fingerprint density at radius 3 is 2.33 bits per heavy atom. The van der Waals surface area contributed by atoms with Crippen molar-refractivity contribution in [2.75, 3.05) is 36.8 Å². The van der Waals surface area contributed by atoms with Crippen molar-refractivity contribution in [1.82, 2.24) is 9.21 Å². The van der Waals surface area contributed by atoms with Crippen molar-refractivity contribution in [3.05, 3.63) is 28.3 Å². The van der Waals surface area contributed by atoms with Gasteiger partial charge < -0.3 is 21.3 Å². The van der Waals surface area contributed by atoms with E-state index >= 15 is 0 Å². The van der Waals surface area contributed by atoms with E-state index in [-0.39, 0.29) is 52.7 Å². The molecule has 4 aliphatic rings. The molecule has 2 atom stereocenters. The molecule has 36 heavy (non-hydrogen) atoms. The number of fused-ring (bicyclic) bond motifs is 3. The molecule has 9 nitrogen and oxygen atoms in total. The second kappa shape index (κ2) is 10.2. The second-order valence-electron chi connectivity index (χ2n) is 10.8. The van der Waals surface area contributed by atoms with E-state index in [1.807, 2.05) is 0 Å². The van der Waals surface area contributed by atoms with E-state index in [2.05, 4.69) is 4.90 Å². The zero-order chi connectivity index (χ0) is 25.6. The molecule has 3 fully saturated rings. The first kappa shape index (κ1) is 25.9. The van der Waals surface area contributed by atoms with E-state index in [0.29, 0.717) is 19.4 Å². The number of nitrogens with zero attached hydrogens (tertiary/aromatic N) is 3. The van der Waals surface area contributed by atoms with Crippen molar-refractivity contribution in [3.8, 4) is 0 Å². The molecule has 2 unspecified atom stereocenters. The standard InChI is InChI=1S/C25H36ClN5O4S/c26-22-14-23-17(10-21(22)25(28)33)11-24(32)30(23)20-12-18-2-3-19(13-20)31(18)36(34,35)15-16-4-8-29(9-5-16)7-1-6-27/h10,14,16,18-20H,1-9,11-13,15,27H2,(H2,28,33). The molecule has 0 aromatic heterocycles. The summed E-state index contributed by atoms with van der Waals surface area (Å²) < 4.78 is 28.9. The summed E-state index contributed by atoms with van der Waals surface area (Å²) in [6.07, 6.45) is 5.88. The number of likely N-dealkylation sites (tertiary alicyclic amines) is 1. The van der Waals surface area contributed by atoms with Crippen molar-refractivity contribution in [2.24, 2.45) is 17.4 Å². The Morgan fingerprint density at radius 2 is 1.72 bits per heavy atom. The van der Waals surface area contributed by atoms with E-state index in [4.69, 9.17) is 23.1 Å². The minimum Gasteiger partial charge on any atom is -0.366 e. The van der Waals surface area contributed by atoms with Gasteiger partial charge in [-0.25, -0.2) is 8.42 Å². The van der Waals surface area contributed by atoms with Gasteiger partial charge in [0.1, 0.15) is 0 Å². The minimum atomic E-state index is -3.38. The van der Waals surface area contributed by atoms with Gasteiger partial charge in [-0.3, -0.25) is 9.59 Å². The molecule has 2 bridgehead atoms. The number of rotatable bonds is 8. The van der Waals surface area contributed by atoms with E-state index in [1.54, 1.807) is 21.3 Å². The number of amides is 2. The highest BCUT2D eigenvalue weighted by atomic mass is 35.5. The Hall–Kier alpha value is -1.72. The first-order valence-corrected chi connectivity index (χ1v) is 15.0. The van der Waals surface area contributed by atoms with Crippen LogP contribution in [-0.2, 0) is 21.2 Å². The van der Waals surface area contributed by atoms with Gasteiger partial charge in [-0.2, -0.15) is 4.31 Å². The Balaban J connectivity index is 1.26. The summed E-state index contributed by atoms with van der Waals surface area (Å²) in [4.78, 5) is 28.9. The van der Waals surface area contributed by atoms with Gasteiger partial charge >= 0.3 is 0 Å². The summed E-state index contributed by atoms with van der Waals surface area (Å²) in [5, 5.41) is 0.234. The van der Waals surface area contributed by atoms with Crippen LogP contribution in [0.15, 0.2) is 12.1 Å². The van der Waals surface area contributed by atoms with Gasteiger partial charge in [0.05, 0.1) is 22.8 Å². The molecule has 11 heteroatoms. The normalized spacial score (nSPS) is 27.6. The number of carbonyl (C=O) groups excluding carboxylic acids is 2. The molecular weight excluding hydrogens is 502 g/mol. The van der Waals surface area contributed by atoms with E-state index in [1.165, 1.54) is 0 Å². The zero-order valence-electron chi connectivity index (χ0n) is 20.6. The van der Waals surface area contributed by atoms with Crippen molar-refractivity contribution >= 4 is 39.1 Å². The van der Waals surface area contributed by atoms with Crippen LogP contribution in [0.4, 0.5) is 5.69 Å². The fourth-order valence-corrected chi connectivity index (χ4v) is 9.43. The van der Waals surface area contributed by atoms with E-state index in [0.717, 1.165) is 63.0 Å². The number of benzene rings is 1. The Bertz CT molecular complexity index is 1120. The quantitative estimate of drug-likeness (QED) is 0.519. The molecule has 2 amide bonds. The topological polar surface area (TPSA) is 130 Å². The molecule has 198 valence electrons. The lowest BCUT2D eigenvalue weighted by Crippen LogP contribution is -2.54. The van der Waals surface area contributed by atoms with Crippen LogP contribution in [0.1, 0.15) is 60.9 Å². The number of primary amides is 1. The molecule has 5 rings (SSSR count). The first-order valence-electron chi connectivity index (χ1n) is 13.1. The Labute approximate surface area is 218 Å². The fourth-order valence-electron chi connectivity index (χ4n) is 6.79. The molecule has 0 radical (unpaired) electrons. The molecule has 1 aromatic rings. The monoisotopic (exact) mass is 537 g/mol. The molecule has 3 saturated heterocycles. The lowest BCUT2D eigenvalue weighted by atomic mass is 9.97. The Kier molecular flexibility index (Phi) is 7.35. The maximum absolute atomic E-state index is 13.6. The maximum atomic E-state index is 13.6. The van der Waals surface area contributed by atoms with Gasteiger partial charge in [0.15, 0.2) is 0 Å². The van der Waals surface area contributed by atoms with E-state index in [9.17, 15) is 18.0 Å². The first-order chi connectivity index (χ1) is 17.2. The summed E-state index contributed by atoms with van der Waals surface area (Å²) in [5.41, 5.74) is 12.7. The molecule has 1 aromatic carbocycles.